The molecule has 0 aliphatic carbocycles. The average Bonchev–Trinajstić information content (AvgIpc) is 3.33. The Balaban J connectivity index is 1.93. The number of hydrogen-bond donors (Lipinski definition) is 1. The second-order valence-corrected chi connectivity index (χ2v) is 6.11. The van der Waals surface area contributed by atoms with Gasteiger partial charge in [0.05, 0.1) is 17.6 Å². The Morgan fingerprint density at radius 2 is 2.00 bits per heavy atom. The second kappa shape index (κ2) is 6.49. The highest BCUT2D eigenvalue weighted by Gasteiger charge is 2.31. The van der Waals surface area contributed by atoms with Gasteiger partial charge in [-0.15, -0.1) is 0 Å². The second-order valence-electron chi connectivity index (χ2n) is 6.11. The number of alkyl halides is 3. The number of fused-ring (bicyclic) bond motifs is 1. The minimum absolute atomic E-state index is 0.200. The third kappa shape index (κ3) is 2.89. The van der Waals surface area contributed by atoms with Crippen molar-refractivity contribution in [3.63, 3.8) is 0 Å². The van der Waals surface area contributed by atoms with Crippen LogP contribution in [0.25, 0.3) is 28.1 Å². The van der Waals surface area contributed by atoms with Crippen LogP contribution >= 0.6 is 0 Å². The standard InChI is InChI=1S/C19H13F3N6/c1-2-11-3-4-13(19(20,21)22)6-15(11)28-8-12(5-14(28)7-23)16-17-18(26-9-24-16)27-10-25-17/h3-6,8-10H,2H2,1H3,(H,24,25,26,27). The molecule has 0 aliphatic rings. The van der Waals surface area contributed by atoms with Crippen molar-refractivity contribution in [3.05, 3.63) is 59.9 Å². The van der Waals surface area contributed by atoms with E-state index in [-0.39, 0.29) is 5.69 Å². The Kier molecular flexibility index (Phi) is 4.11. The molecule has 4 rings (SSSR count). The number of aromatic amines is 1. The molecule has 0 saturated carbocycles. The molecule has 0 radical (unpaired) electrons. The smallest absolute Gasteiger partial charge is 0.329 e. The molecule has 140 valence electrons. The van der Waals surface area contributed by atoms with Gasteiger partial charge in [0.25, 0.3) is 0 Å². The van der Waals surface area contributed by atoms with Crippen LogP contribution in [0.1, 0.15) is 23.7 Å². The van der Waals surface area contributed by atoms with Gasteiger partial charge < -0.3 is 9.55 Å². The molecule has 0 fully saturated rings. The Morgan fingerprint density at radius 3 is 2.71 bits per heavy atom. The molecule has 1 aromatic carbocycles. The van der Waals surface area contributed by atoms with E-state index >= 15 is 0 Å². The Morgan fingerprint density at radius 1 is 1.18 bits per heavy atom. The number of aryl methyl sites for hydroxylation is 1. The van der Waals surface area contributed by atoms with Crippen LogP contribution in [0.15, 0.2) is 43.1 Å². The first-order valence-electron chi connectivity index (χ1n) is 8.39. The number of rotatable bonds is 3. The third-order valence-electron chi connectivity index (χ3n) is 4.48. The van der Waals surface area contributed by atoms with Crippen LogP contribution in [0.2, 0.25) is 0 Å². The molecule has 3 aromatic heterocycles. The number of nitriles is 1. The summed E-state index contributed by atoms with van der Waals surface area (Å²) in [7, 11) is 0. The molecule has 0 atom stereocenters. The van der Waals surface area contributed by atoms with Crippen molar-refractivity contribution in [2.24, 2.45) is 0 Å². The zero-order chi connectivity index (χ0) is 19.9. The van der Waals surface area contributed by atoms with Gasteiger partial charge in [-0.1, -0.05) is 13.0 Å². The van der Waals surface area contributed by atoms with Crippen molar-refractivity contribution in [1.82, 2.24) is 24.5 Å². The van der Waals surface area contributed by atoms with E-state index in [1.54, 1.807) is 12.3 Å². The summed E-state index contributed by atoms with van der Waals surface area (Å²) in [5, 5.41) is 9.56. The SMILES string of the molecule is CCc1ccc(C(F)(F)F)cc1-n1cc(-c2ncnc3[nH]cnc23)cc1C#N. The van der Waals surface area contributed by atoms with E-state index in [2.05, 4.69) is 19.9 Å². The zero-order valence-corrected chi connectivity index (χ0v) is 14.6. The molecule has 0 saturated heterocycles. The molecule has 6 nitrogen and oxygen atoms in total. The summed E-state index contributed by atoms with van der Waals surface area (Å²) in [5.41, 5.74) is 2.55. The van der Waals surface area contributed by atoms with Crippen LogP contribution in [0, 0.1) is 11.3 Å². The van der Waals surface area contributed by atoms with Crippen molar-refractivity contribution < 1.29 is 13.2 Å². The normalized spacial score (nSPS) is 11.7. The molecule has 1 N–H and O–H groups in total. The van der Waals surface area contributed by atoms with E-state index in [0.717, 1.165) is 12.1 Å². The van der Waals surface area contributed by atoms with Crippen molar-refractivity contribution in [2.45, 2.75) is 19.5 Å². The van der Waals surface area contributed by atoms with Crippen molar-refractivity contribution in [2.75, 3.05) is 0 Å². The lowest BCUT2D eigenvalue weighted by molar-refractivity contribution is -0.137. The number of aromatic nitrogens is 5. The van der Waals surface area contributed by atoms with E-state index in [1.165, 1.54) is 23.3 Å². The fraction of sp³-hybridized carbons (Fsp3) is 0.158. The predicted octanol–water partition coefficient (Wildman–Crippen LogP) is 4.26. The maximum absolute atomic E-state index is 13.2. The number of hydrogen-bond acceptors (Lipinski definition) is 4. The lowest BCUT2D eigenvalue weighted by Crippen LogP contribution is -2.08. The minimum atomic E-state index is -4.47. The Labute approximate surface area is 157 Å². The lowest BCUT2D eigenvalue weighted by atomic mass is 10.1. The van der Waals surface area contributed by atoms with Gasteiger partial charge in [0.15, 0.2) is 5.65 Å². The molecule has 0 aliphatic heterocycles. The number of nitrogens with one attached hydrogen (secondary N) is 1. The highest BCUT2D eigenvalue weighted by atomic mass is 19.4. The molecular weight excluding hydrogens is 369 g/mol. The van der Waals surface area contributed by atoms with Gasteiger partial charge in [0.2, 0.25) is 0 Å². The van der Waals surface area contributed by atoms with Crippen LogP contribution in [-0.4, -0.2) is 24.5 Å². The van der Waals surface area contributed by atoms with E-state index in [9.17, 15) is 18.4 Å². The highest BCUT2D eigenvalue weighted by Crippen LogP contribution is 2.33. The van der Waals surface area contributed by atoms with Crippen LogP contribution in [-0.2, 0) is 12.6 Å². The summed E-state index contributed by atoms with van der Waals surface area (Å²) in [6, 6.07) is 7.18. The first-order valence-corrected chi connectivity index (χ1v) is 8.39. The van der Waals surface area contributed by atoms with Crippen molar-refractivity contribution in [3.8, 4) is 23.0 Å². The molecule has 3 heterocycles. The first kappa shape index (κ1) is 17.7. The fourth-order valence-corrected chi connectivity index (χ4v) is 3.12. The van der Waals surface area contributed by atoms with Crippen LogP contribution in [0.3, 0.4) is 0 Å². The Bertz CT molecular complexity index is 1210. The molecule has 0 spiro atoms. The molecule has 0 amide bonds. The summed E-state index contributed by atoms with van der Waals surface area (Å²) in [6.07, 6.45) is 0.484. The van der Waals surface area contributed by atoms with Gasteiger partial charge >= 0.3 is 6.18 Å². The molecule has 0 bridgehead atoms. The number of halogens is 3. The first-order chi connectivity index (χ1) is 13.4. The highest BCUT2D eigenvalue weighted by molar-refractivity contribution is 5.87. The minimum Gasteiger partial charge on any atom is -0.329 e. The maximum atomic E-state index is 13.2. The quantitative estimate of drug-likeness (QED) is 0.574. The fourth-order valence-electron chi connectivity index (χ4n) is 3.12. The number of nitrogens with zero attached hydrogens (tertiary/aromatic N) is 5. The lowest BCUT2D eigenvalue weighted by Gasteiger charge is -2.14. The summed E-state index contributed by atoms with van der Waals surface area (Å²) in [5.74, 6) is 0. The topological polar surface area (TPSA) is 83.2 Å². The van der Waals surface area contributed by atoms with Crippen LogP contribution in [0.4, 0.5) is 13.2 Å². The number of benzene rings is 1. The summed E-state index contributed by atoms with van der Waals surface area (Å²) >= 11 is 0. The van der Waals surface area contributed by atoms with Crippen molar-refractivity contribution >= 4 is 11.2 Å². The van der Waals surface area contributed by atoms with Gasteiger partial charge in [-0.2, -0.15) is 18.4 Å². The Hall–Kier alpha value is -3.67. The van der Waals surface area contributed by atoms with Crippen LogP contribution < -0.4 is 0 Å². The van der Waals surface area contributed by atoms with E-state index < -0.39 is 11.7 Å². The predicted molar refractivity (Wildman–Crippen MR) is 95.5 cm³/mol. The zero-order valence-electron chi connectivity index (χ0n) is 14.6. The molecule has 28 heavy (non-hydrogen) atoms. The van der Waals surface area contributed by atoms with Gasteiger partial charge in [-0.25, -0.2) is 15.0 Å². The van der Waals surface area contributed by atoms with Crippen LogP contribution in [0.5, 0.6) is 0 Å². The number of H-pyrrole nitrogens is 1. The van der Waals surface area contributed by atoms with E-state index in [4.69, 9.17) is 0 Å². The third-order valence-corrected chi connectivity index (χ3v) is 4.48. The van der Waals surface area contributed by atoms with Gasteiger partial charge in [-0.05, 0) is 30.2 Å². The summed E-state index contributed by atoms with van der Waals surface area (Å²) < 4.78 is 41.1. The van der Waals surface area contributed by atoms with Gasteiger partial charge in [-0.3, -0.25) is 0 Å². The molecule has 4 aromatic rings. The molecule has 9 heteroatoms. The summed E-state index contributed by atoms with van der Waals surface area (Å²) in [6.45, 7) is 1.85. The van der Waals surface area contributed by atoms with Gasteiger partial charge in [0, 0.05) is 11.8 Å². The average molecular weight is 382 g/mol. The summed E-state index contributed by atoms with van der Waals surface area (Å²) in [4.78, 5) is 15.4. The van der Waals surface area contributed by atoms with E-state index in [1.807, 2.05) is 13.0 Å². The van der Waals surface area contributed by atoms with Crippen molar-refractivity contribution in [1.29, 1.82) is 5.26 Å². The van der Waals surface area contributed by atoms with Gasteiger partial charge in [0.1, 0.15) is 29.3 Å². The molecular formula is C19H13F3N6. The van der Waals surface area contributed by atoms with E-state index in [0.29, 0.717) is 40.1 Å². The monoisotopic (exact) mass is 382 g/mol. The number of imidazole rings is 1. The maximum Gasteiger partial charge on any atom is 0.416 e. The largest absolute Gasteiger partial charge is 0.416 e. The molecule has 0 unspecified atom stereocenters.